The maximum absolute atomic E-state index is 12.7. The number of aromatic nitrogens is 4. The minimum Gasteiger partial charge on any atom is -0.339 e. The van der Waals surface area contributed by atoms with Crippen LogP contribution in [-0.4, -0.2) is 37.5 Å². The number of benzene rings is 1. The molecule has 0 unspecified atom stereocenters. The zero-order valence-corrected chi connectivity index (χ0v) is 16.6. The lowest BCUT2D eigenvalue weighted by Crippen LogP contribution is -2.19. The van der Waals surface area contributed by atoms with Crippen LogP contribution >= 0.6 is 11.8 Å². The maximum Gasteiger partial charge on any atom is 0.406 e. The van der Waals surface area contributed by atoms with Crippen LogP contribution in [0.25, 0.3) is 12.2 Å². The molecular weight excluding hydrogens is 401 g/mol. The molecule has 0 bridgehead atoms. The van der Waals surface area contributed by atoms with Crippen molar-refractivity contribution in [3.8, 4) is 0 Å². The summed E-state index contributed by atoms with van der Waals surface area (Å²) in [6.45, 7) is 1.97. The van der Waals surface area contributed by atoms with Gasteiger partial charge in [-0.05, 0) is 31.6 Å². The van der Waals surface area contributed by atoms with Crippen molar-refractivity contribution in [2.75, 3.05) is 5.75 Å². The van der Waals surface area contributed by atoms with Gasteiger partial charge in [0.2, 0.25) is 5.16 Å². The normalized spacial score (nSPS) is 12.0. The van der Waals surface area contributed by atoms with Gasteiger partial charge in [-0.15, -0.1) is 5.10 Å². The lowest BCUT2D eigenvalue weighted by molar-refractivity contribution is -0.141. The average molecular weight is 420 g/mol. The number of rotatable bonds is 7. The van der Waals surface area contributed by atoms with Crippen molar-refractivity contribution in [2.45, 2.75) is 31.7 Å². The van der Waals surface area contributed by atoms with Crippen LogP contribution in [0.1, 0.15) is 33.1 Å². The lowest BCUT2D eigenvalue weighted by atomic mass is 10.2. The molecule has 0 fully saturated rings. The molecule has 3 rings (SSSR count). The summed E-state index contributed by atoms with van der Waals surface area (Å²) in [5.41, 5.74) is 2.02. The summed E-state index contributed by atoms with van der Waals surface area (Å²) in [5, 5.41) is 7.24. The Morgan fingerprint density at radius 3 is 2.62 bits per heavy atom. The third kappa shape index (κ3) is 5.60. The van der Waals surface area contributed by atoms with E-state index in [1.54, 1.807) is 13.0 Å². The SMILES string of the molecule is Cc1cc(C(=O)CSc2n[nH]c(/C=C/c3ccccc3)n2)c(C)n1CC(F)(F)F. The molecule has 1 N–H and O–H groups in total. The van der Waals surface area contributed by atoms with Crippen molar-refractivity contribution in [1.29, 1.82) is 0 Å². The van der Waals surface area contributed by atoms with Crippen LogP contribution in [-0.2, 0) is 6.54 Å². The highest BCUT2D eigenvalue weighted by Gasteiger charge is 2.30. The summed E-state index contributed by atoms with van der Waals surface area (Å²) in [7, 11) is 0. The van der Waals surface area contributed by atoms with Crippen LogP contribution in [0.3, 0.4) is 0 Å². The molecule has 0 amide bonds. The van der Waals surface area contributed by atoms with Crippen LogP contribution in [0.15, 0.2) is 41.6 Å². The van der Waals surface area contributed by atoms with Gasteiger partial charge in [0.05, 0.1) is 5.75 Å². The van der Waals surface area contributed by atoms with Crippen LogP contribution in [0.4, 0.5) is 13.2 Å². The summed E-state index contributed by atoms with van der Waals surface area (Å²) >= 11 is 1.13. The molecule has 1 aromatic carbocycles. The van der Waals surface area contributed by atoms with Gasteiger partial charge < -0.3 is 4.57 Å². The van der Waals surface area contributed by atoms with Gasteiger partial charge in [-0.25, -0.2) is 4.98 Å². The van der Waals surface area contributed by atoms with Crippen LogP contribution in [0.2, 0.25) is 0 Å². The number of halogens is 3. The predicted molar refractivity (Wildman–Crippen MR) is 107 cm³/mol. The molecule has 0 saturated carbocycles. The Morgan fingerprint density at radius 2 is 1.93 bits per heavy atom. The number of Topliss-reactive ketones (excluding diaryl/α,β-unsaturated/α-hetero) is 1. The fourth-order valence-corrected chi connectivity index (χ4v) is 3.54. The second kappa shape index (κ2) is 8.69. The first kappa shape index (κ1) is 20.9. The summed E-state index contributed by atoms with van der Waals surface area (Å²) in [4.78, 5) is 16.8. The van der Waals surface area contributed by atoms with Gasteiger partial charge in [0.1, 0.15) is 12.4 Å². The summed E-state index contributed by atoms with van der Waals surface area (Å²) < 4.78 is 39.3. The first-order chi connectivity index (χ1) is 13.7. The van der Waals surface area contributed by atoms with Crippen LogP contribution in [0.5, 0.6) is 0 Å². The number of nitrogens with one attached hydrogen (secondary N) is 1. The van der Waals surface area contributed by atoms with E-state index in [2.05, 4.69) is 15.2 Å². The van der Waals surface area contributed by atoms with E-state index in [-0.39, 0.29) is 11.5 Å². The Balaban J connectivity index is 1.62. The second-order valence-corrected chi connectivity index (χ2v) is 7.39. The highest BCUT2D eigenvalue weighted by atomic mass is 32.2. The monoisotopic (exact) mass is 420 g/mol. The molecule has 0 spiro atoms. The van der Waals surface area contributed by atoms with E-state index in [0.29, 0.717) is 27.9 Å². The van der Waals surface area contributed by atoms with Gasteiger partial charge in [-0.1, -0.05) is 48.2 Å². The van der Waals surface area contributed by atoms with E-state index in [9.17, 15) is 18.0 Å². The summed E-state index contributed by atoms with van der Waals surface area (Å²) in [5.74, 6) is 0.325. The lowest BCUT2D eigenvalue weighted by Gasteiger charge is -2.12. The van der Waals surface area contributed by atoms with E-state index >= 15 is 0 Å². The number of carbonyl (C=O) groups is 1. The highest BCUT2D eigenvalue weighted by molar-refractivity contribution is 7.99. The van der Waals surface area contributed by atoms with Crippen LogP contribution in [0, 0.1) is 13.8 Å². The van der Waals surface area contributed by atoms with E-state index in [4.69, 9.17) is 0 Å². The van der Waals surface area contributed by atoms with Crippen molar-refractivity contribution < 1.29 is 18.0 Å². The third-order valence-corrected chi connectivity index (χ3v) is 5.11. The molecule has 0 saturated heterocycles. The van der Waals surface area contributed by atoms with Crippen molar-refractivity contribution in [3.05, 3.63) is 64.7 Å². The zero-order valence-electron chi connectivity index (χ0n) is 15.8. The van der Waals surface area contributed by atoms with Gasteiger partial charge >= 0.3 is 6.18 Å². The van der Waals surface area contributed by atoms with E-state index < -0.39 is 12.7 Å². The molecule has 0 aliphatic rings. The third-order valence-electron chi connectivity index (χ3n) is 4.26. The molecule has 2 heterocycles. The number of hydrogen-bond acceptors (Lipinski definition) is 4. The Hall–Kier alpha value is -2.81. The number of aromatic amines is 1. The van der Waals surface area contributed by atoms with Crippen molar-refractivity contribution in [3.63, 3.8) is 0 Å². The molecule has 3 aromatic rings. The minimum absolute atomic E-state index is 0.0377. The number of thioether (sulfide) groups is 1. The zero-order chi connectivity index (χ0) is 21.0. The molecule has 152 valence electrons. The summed E-state index contributed by atoms with van der Waals surface area (Å²) in [6, 6.07) is 11.2. The smallest absolute Gasteiger partial charge is 0.339 e. The highest BCUT2D eigenvalue weighted by Crippen LogP contribution is 2.24. The van der Waals surface area contributed by atoms with E-state index in [1.807, 2.05) is 36.4 Å². The minimum atomic E-state index is -4.34. The molecular formula is C20H19F3N4OS. The number of hydrogen-bond donors (Lipinski definition) is 1. The Bertz CT molecular complexity index is 1020. The number of alkyl halides is 3. The second-order valence-electron chi connectivity index (χ2n) is 6.45. The molecule has 0 atom stereocenters. The number of aryl methyl sites for hydroxylation is 1. The van der Waals surface area contributed by atoms with E-state index in [1.165, 1.54) is 13.0 Å². The quantitative estimate of drug-likeness (QED) is 0.435. The van der Waals surface area contributed by atoms with Gasteiger partial charge in [0, 0.05) is 17.0 Å². The summed E-state index contributed by atoms with van der Waals surface area (Å²) in [6.07, 6.45) is -0.680. The van der Waals surface area contributed by atoms with Crippen molar-refractivity contribution >= 4 is 29.7 Å². The number of carbonyl (C=O) groups excluding carboxylic acids is 1. The fourth-order valence-electron chi connectivity index (χ4n) is 2.85. The fraction of sp³-hybridized carbons (Fsp3) is 0.250. The number of H-pyrrole nitrogens is 1. The molecule has 2 aromatic heterocycles. The average Bonchev–Trinajstić information content (AvgIpc) is 3.24. The predicted octanol–water partition coefficient (Wildman–Crippen LogP) is 4.93. The largest absolute Gasteiger partial charge is 0.406 e. The topological polar surface area (TPSA) is 63.6 Å². The first-order valence-electron chi connectivity index (χ1n) is 8.78. The van der Waals surface area contributed by atoms with Gasteiger partial charge in [0.15, 0.2) is 5.78 Å². The first-order valence-corrected chi connectivity index (χ1v) is 9.76. The van der Waals surface area contributed by atoms with Gasteiger partial charge in [0.25, 0.3) is 0 Å². The maximum atomic E-state index is 12.7. The van der Waals surface area contributed by atoms with Gasteiger partial charge in [-0.2, -0.15) is 13.2 Å². The molecule has 9 heteroatoms. The van der Waals surface area contributed by atoms with Crippen LogP contribution < -0.4 is 0 Å². The van der Waals surface area contributed by atoms with Gasteiger partial charge in [-0.3, -0.25) is 9.89 Å². The number of nitrogens with zero attached hydrogens (tertiary/aromatic N) is 3. The standard InChI is InChI=1S/C20H19F3N4OS/c1-13-10-16(14(2)27(13)12-20(21,22)23)17(28)11-29-19-24-18(25-26-19)9-8-15-6-4-3-5-7-15/h3-10H,11-12H2,1-2H3,(H,24,25,26)/b9-8+. The Kier molecular flexibility index (Phi) is 6.26. The van der Waals surface area contributed by atoms with E-state index in [0.717, 1.165) is 21.9 Å². The Labute approximate surface area is 170 Å². The molecule has 29 heavy (non-hydrogen) atoms. The van der Waals surface area contributed by atoms with Crippen molar-refractivity contribution in [2.24, 2.45) is 0 Å². The molecule has 0 aliphatic heterocycles. The number of ketones is 1. The Morgan fingerprint density at radius 1 is 1.21 bits per heavy atom. The molecule has 0 aliphatic carbocycles. The van der Waals surface area contributed by atoms with Crippen molar-refractivity contribution in [1.82, 2.24) is 19.7 Å². The molecule has 0 radical (unpaired) electrons. The molecule has 5 nitrogen and oxygen atoms in total.